The molecule has 1 amide bonds. The van der Waals surface area contributed by atoms with E-state index >= 15 is 0 Å². The number of nitrogens with one attached hydrogen (secondary N) is 3. The quantitative estimate of drug-likeness (QED) is 0.200. The second-order valence-corrected chi connectivity index (χ2v) is 6.67. The van der Waals surface area contributed by atoms with Crippen molar-refractivity contribution in [3.05, 3.63) is 41.5 Å². The van der Waals surface area contributed by atoms with Crippen molar-refractivity contribution in [3.63, 3.8) is 0 Å². The summed E-state index contributed by atoms with van der Waals surface area (Å²) >= 11 is 0. The van der Waals surface area contributed by atoms with Crippen LogP contribution in [0.25, 0.3) is 0 Å². The molecule has 158 valence electrons. The highest BCUT2D eigenvalue weighted by Gasteiger charge is 2.21. The van der Waals surface area contributed by atoms with Crippen molar-refractivity contribution in [1.29, 1.82) is 0 Å². The summed E-state index contributed by atoms with van der Waals surface area (Å²) in [5.74, 6) is 2.21. The number of nitrogens with zero attached hydrogens (tertiary/aromatic N) is 4. The van der Waals surface area contributed by atoms with Crippen molar-refractivity contribution < 1.29 is 9.90 Å². The van der Waals surface area contributed by atoms with E-state index in [2.05, 4.69) is 31.0 Å². The van der Waals surface area contributed by atoms with Crippen molar-refractivity contribution in [1.82, 2.24) is 30.7 Å². The summed E-state index contributed by atoms with van der Waals surface area (Å²) in [4.78, 5) is 21.1. The number of carbonyl (C=O) groups is 1. The summed E-state index contributed by atoms with van der Waals surface area (Å²) in [5.41, 5.74) is 0.262. The molecule has 10 heteroatoms. The minimum Gasteiger partial charge on any atom is -0.507 e. The summed E-state index contributed by atoms with van der Waals surface area (Å²) < 4.78 is 1.95. The van der Waals surface area contributed by atoms with E-state index in [0.717, 1.165) is 37.6 Å². The summed E-state index contributed by atoms with van der Waals surface area (Å²) in [6, 6.07) is 6.70. The fraction of sp³-hybridized carbons (Fsp3) is 0.474. The number of phenols is 1. The maximum Gasteiger partial charge on any atom is 0.255 e. The molecule has 1 aromatic carbocycles. The Morgan fingerprint density at radius 2 is 2.14 bits per heavy atom. The number of guanidine groups is 1. The summed E-state index contributed by atoms with van der Waals surface area (Å²) in [6.07, 6.45) is 1.85. The van der Waals surface area contributed by atoms with Crippen LogP contribution in [0.15, 0.2) is 29.3 Å². The first-order valence-corrected chi connectivity index (χ1v) is 9.58. The van der Waals surface area contributed by atoms with Crippen LogP contribution >= 0.6 is 24.0 Å². The largest absolute Gasteiger partial charge is 0.507 e. The molecule has 4 N–H and O–H groups in total. The van der Waals surface area contributed by atoms with Gasteiger partial charge in [0.25, 0.3) is 5.91 Å². The molecule has 1 aliphatic rings. The molecule has 9 nitrogen and oxygen atoms in total. The minimum atomic E-state index is -0.312. The smallest absolute Gasteiger partial charge is 0.255 e. The van der Waals surface area contributed by atoms with Gasteiger partial charge in [-0.05, 0) is 32.4 Å². The Balaban J connectivity index is 0.00000300. The van der Waals surface area contributed by atoms with Crippen molar-refractivity contribution in [2.24, 2.45) is 4.99 Å². The zero-order chi connectivity index (χ0) is 19.9. The Bertz CT molecular complexity index is 853. The molecule has 29 heavy (non-hydrogen) atoms. The maximum atomic E-state index is 12.1. The Kier molecular flexibility index (Phi) is 8.68. The molecule has 1 aromatic heterocycles. The number of rotatable bonds is 6. The van der Waals surface area contributed by atoms with Gasteiger partial charge in [-0.3, -0.25) is 9.79 Å². The van der Waals surface area contributed by atoms with Gasteiger partial charge in [0, 0.05) is 25.6 Å². The van der Waals surface area contributed by atoms with Crippen LogP contribution in [0.4, 0.5) is 0 Å². The van der Waals surface area contributed by atoms with Crippen LogP contribution in [0.2, 0.25) is 0 Å². The Morgan fingerprint density at radius 3 is 2.90 bits per heavy atom. The molecule has 2 aromatic rings. The number of fused-ring (bicyclic) bond motifs is 1. The van der Waals surface area contributed by atoms with E-state index in [4.69, 9.17) is 0 Å². The van der Waals surface area contributed by atoms with Crippen molar-refractivity contribution >= 4 is 35.8 Å². The average Bonchev–Trinajstić information content (AvgIpc) is 3.04. The summed E-state index contributed by atoms with van der Waals surface area (Å²) in [6.45, 7) is 6.22. The number of halogens is 1. The first-order chi connectivity index (χ1) is 13.6. The van der Waals surface area contributed by atoms with Crippen molar-refractivity contribution in [2.75, 3.05) is 19.6 Å². The van der Waals surface area contributed by atoms with Crippen LogP contribution in [0.1, 0.15) is 35.4 Å². The third-order valence-corrected chi connectivity index (χ3v) is 4.46. The lowest BCUT2D eigenvalue weighted by molar-refractivity contribution is 0.0952. The standard InChI is InChI=1S/C19H27N7O2.HI/c1-3-20-19(24-14-8-9-17-23-13(2)25-26(17)12-14)22-11-10-21-18(28)15-6-4-5-7-16(15)27;/h4-7,14,27H,3,8-12H2,1-2H3,(H,21,28)(H2,20,22,24);1H. The number of para-hydroxylation sites is 1. The zero-order valence-electron chi connectivity index (χ0n) is 16.7. The SMILES string of the molecule is CCNC(=NCCNC(=O)c1ccccc1O)NC1CCc2nc(C)nn2C1.I. The van der Waals surface area contributed by atoms with E-state index in [0.29, 0.717) is 19.0 Å². The highest BCUT2D eigenvalue weighted by atomic mass is 127. The number of hydrogen-bond donors (Lipinski definition) is 4. The molecule has 0 bridgehead atoms. The number of aliphatic imine (C=N–C) groups is 1. The van der Waals surface area contributed by atoms with Crippen molar-refractivity contribution in [2.45, 2.75) is 39.3 Å². The van der Waals surface area contributed by atoms with E-state index in [1.807, 2.05) is 18.5 Å². The predicted octanol–water partition coefficient (Wildman–Crippen LogP) is 1.21. The molecule has 0 aliphatic carbocycles. The van der Waals surface area contributed by atoms with E-state index in [9.17, 15) is 9.90 Å². The number of phenolic OH excluding ortho intramolecular Hbond substituents is 1. The zero-order valence-corrected chi connectivity index (χ0v) is 19.0. The second-order valence-electron chi connectivity index (χ2n) is 6.67. The number of benzene rings is 1. The number of aromatic nitrogens is 3. The summed E-state index contributed by atoms with van der Waals surface area (Å²) in [7, 11) is 0. The topological polar surface area (TPSA) is 116 Å². The first kappa shape index (κ1) is 22.9. The molecule has 2 heterocycles. The second kappa shape index (κ2) is 11.0. The molecular formula is C19H28IN7O2. The van der Waals surface area contributed by atoms with Gasteiger partial charge in [-0.15, -0.1) is 24.0 Å². The lowest BCUT2D eigenvalue weighted by atomic mass is 10.1. The van der Waals surface area contributed by atoms with Gasteiger partial charge in [0.15, 0.2) is 5.96 Å². The number of aryl methyl sites for hydroxylation is 2. The molecule has 1 atom stereocenters. The molecule has 0 spiro atoms. The van der Waals surface area contributed by atoms with Gasteiger partial charge < -0.3 is 21.1 Å². The van der Waals surface area contributed by atoms with Crippen LogP contribution in [0, 0.1) is 6.92 Å². The monoisotopic (exact) mass is 513 g/mol. The lowest BCUT2D eigenvalue weighted by Gasteiger charge is -2.25. The predicted molar refractivity (Wildman–Crippen MR) is 122 cm³/mol. The third kappa shape index (κ3) is 6.31. The minimum absolute atomic E-state index is 0. The van der Waals surface area contributed by atoms with Gasteiger partial charge in [0.1, 0.15) is 17.4 Å². The van der Waals surface area contributed by atoms with E-state index in [-0.39, 0.29) is 47.2 Å². The number of aromatic hydroxyl groups is 1. The molecule has 1 aliphatic heterocycles. The van der Waals surface area contributed by atoms with Gasteiger partial charge >= 0.3 is 0 Å². The molecule has 0 fully saturated rings. The Labute approximate surface area is 187 Å². The lowest BCUT2D eigenvalue weighted by Crippen LogP contribution is -2.47. The van der Waals surface area contributed by atoms with Crippen LogP contribution in [0.3, 0.4) is 0 Å². The molecule has 0 saturated carbocycles. The molecule has 3 rings (SSSR count). The van der Waals surface area contributed by atoms with Crippen LogP contribution in [-0.4, -0.2) is 57.4 Å². The normalized spacial score (nSPS) is 15.8. The van der Waals surface area contributed by atoms with Crippen LogP contribution in [0.5, 0.6) is 5.75 Å². The highest BCUT2D eigenvalue weighted by molar-refractivity contribution is 14.0. The number of hydrogen-bond acceptors (Lipinski definition) is 5. The fourth-order valence-corrected chi connectivity index (χ4v) is 3.16. The van der Waals surface area contributed by atoms with Gasteiger partial charge in [-0.25, -0.2) is 9.67 Å². The maximum absolute atomic E-state index is 12.1. The molecule has 0 radical (unpaired) electrons. The summed E-state index contributed by atoms with van der Waals surface area (Å²) in [5, 5.41) is 23.6. The van der Waals surface area contributed by atoms with Gasteiger partial charge in [0.05, 0.1) is 18.7 Å². The number of amides is 1. The van der Waals surface area contributed by atoms with Crippen LogP contribution in [-0.2, 0) is 13.0 Å². The number of carbonyl (C=O) groups excluding carboxylic acids is 1. The van der Waals surface area contributed by atoms with E-state index in [1.165, 1.54) is 6.07 Å². The van der Waals surface area contributed by atoms with Gasteiger partial charge in [-0.1, -0.05) is 12.1 Å². The Morgan fingerprint density at radius 1 is 1.34 bits per heavy atom. The highest BCUT2D eigenvalue weighted by Crippen LogP contribution is 2.15. The van der Waals surface area contributed by atoms with E-state index < -0.39 is 0 Å². The molecular weight excluding hydrogens is 485 g/mol. The Hall–Kier alpha value is -2.37. The first-order valence-electron chi connectivity index (χ1n) is 9.58. The van der Waals surface area contributed by atoms with Gasteiger partial charge in [-0.2, -0.15) is 5.10 Å². The van der Waals surface area contributed by atoms with Crippen LogP contribution < -0.4 is 16.0 Å². The molecule has 0 saturated heterocycles. The average molecular weight is 513 g/mol. The molecule has 1 unspecified atom stereocenters. The third-order valence-electron chi connectivity index (χ3n) is 4.46. The van der Waals surface area contributed by atoms with Gasteiger partial charge in [0.2, 0.25) is 0 Å². The fourth-order valence-electron chi connectivity index (χ4n) is 3.16. The van der Waals surface area contributed by atoms with E-state index in [1.54, 1.807) is 18.2 Å². The van der Waals surface area contributed by atoms with Crippen molar-refractivity contribution in [3.8, 4) is 5.75 Å².